The first-order valence-corrected chi connectivity index (χ1v) is 6.36. The van der Waals surface area contributed by atoms with Gasteiger partial charge in [0, 0.05) is 18.6 Å². The fourth-order valence-electron chi connectivity index (χ4n) is 2.49. The van der Waals surface area contributed by atoms with Crippen LogP contribution < -0.4 is 5.73 Å². The molecule has 2 rings (SSSR count). The first kappa shape index (κ1) is 12.5. The summed E-state index contributed by atoms with van der Waals surface area (Å²) in [6, 6.07) is 0. The molecule has 1 aliphatic heterocycles. The van der Waals surface area contributed by atoms with E-state index < -0.39 is 0 Å². The molecule has 1 saturated heterocycles. The van der Waals surface area contributed by atoms with Gasteiger partial charge in [-0.25, -0.2) is 4.98 Å². The molecule has 17 heavy (non-hydrogen) atoms. The number of rotatable bonds is 4. The maximum Gasteiger partial charge on any atom is 0.137 e. The highest BCUT2D eigenvalue weighted by Gasteiger charge is 2.23. The van der Waals surface area contributed by atoms with Crippen molar-refractivity contribution in [2.45, 2.75) is 38.8 Å². The Morgan fingerprint density at radius 2 is 2.06 bits per heavy atom. The Morgan fingerprint density at radius 1 is 1.35 bits per heavy atom. The molecule has 0 bridgehead atoms. The minimum absolute atomic E-state index is 0.0846. The van der Waals surface area contributed by atoms with Crippen molar-refractivity contribution in [1.82, 2.24) is 19.7 Å². The average Bonchev–Trinajstić information content (AvgIpc) is 2.71. The Labute approximate surface area is 103 Å². The Hall–Kier alpha value is -0.940. The van der Waals surface area contributed by atoms with Gasteiger partial charge in [-0.15, -0.1) is 0 Å². The lowest BCUT2D eigenvalue weighted by Gasteiger charge is -2.35. The third kappa shape index (κ3) is 4.09. The highest BCUT2D eigenvalue weighted by molar-refractivity contribution is 4.81. The molecular weight excluding hydrogens is 214 g/mol. The van der Waals surface area contributed by atoms with Crippen LogP contribution in [0.2, 0.25) is 0 Å². The van der Waals surface area contributed by atoms with E-state index in [1.54, 1.807) is 12.7 Å². The van der Waals surface area contributed by atoms with Crippen molar-refractivity contribution in [3.8, 4) is 0 Å². The summed E-state index contributed by atoms with van der Waals surface area (Å²) in [5.74, 6) is 0.730. The summed E-state index contributed by atoms with van der Waals surface area (Å²) in [6.07, 6.45) is 5.87. The van der Waals surface area contributed by atoms with Gasteiger partial charge in [0.1, 0.15) is 12.7 Å². The first-order valence-electron chi connectivity index (χ1n) is 6.36. The Morgan fingerprint density at radius 3 is 2.59 bits per heavy atom. The van der Waals surface area contributed by atoms with Crippen molar-refractivity contribution in [2.24, 2.45) is 11.7 Å². The van der Waals surface area contributed by atoms with Crippen LogP contribution in [0.15, 0.2) is 12.7 Å². The van der Waals surface area contributed by atoms with Crippen LogP contribution in [0.4, 0.5) is 0 Å². The minimum atomic E-state index is -0.0846. The second-order valence-corrected chi connectivity index (χ2v) is 5.83. The molecule has 2 heterocycles. The minimum Gasteiger partial charge on any atom is -0.324 e. The molecular formula is C12H23N5. The van der Waals surface area contributed by atoms with Gasteiger partial charge >= 0.3 is 0 Å². The molecule has 0 aromatic carbocycles. The van der Waals surface area contributed by atoms with Gasteiger partial charge in [-0.3, -0.25) is 4.68 Å². The zero-order valence-electron chi connectivity index (χ0n) is 10.8. The zero-order valence-corrected chi connectivity index (χ0v) is 10.8. The van der Waals surface area contributed by atoms with Crippen molar-refractivity contribution in [1.29, 1.82) is 0 Å². The van der Waals surface area contributed by atoms with Crippen LogP contribution in [0, 0.1) is 5.92 Å². The van der Waals surface area contributed by atoms with E-state index in [0.29, 0.717) is 0 Å². The predicted octanol–water partition coefficient (Wildman–Crippen LogP) is 0.727. The molecule has 5 heteroatoms. The first-order chi connectivity index (χ1) is 8.03. The zero-order chi connectivity index (χ0) is 12.3. The van der Waals surface area contributed by atoms with Crippen LogP contribution in [-0.2, 0) is 6.54 Å². The molecule has 1 aromatic heterocycles. The fourth-order valence-corrected chi connectivity index (χ4v) is 2.49. The molecule has 1 fully saturated rings. The van der Waals surface area contributed by atoms with Crippen LogP contribution in [0.1, 0.15) is 26.7 Å². The van der Waals surface area contributed by atoms with Crippen LogP contribution in [0.5, 0.6) is 0 Å². The molecule has 0 atom stereocenters. The van der Waals surface area contributed by atoms with E-state index in [9.17, 15) is 0 Å². The lowest BCUT2D eigenvalue weighted by Crippen LogP contribution is -2.48. The summed E-state index contributed by atoms with van der Waals surface area (Å²) < 4.78 is 1.94. The predicted molar refractivity (Wildman–Crippen MR) is 67.5 cm³/mol. The Bertz CT molecular complexity index is 319. The van der Waals surface area contributed by atoms with Gasteiger partial charge in [0.25, 0.3) is 0 Å². The summed E-state index contributed by atoms with van der Waals surface area (Å²) in [4.78, 5) is 6.45. The largest absolute Gasteiger partial charge is 0.324 e. The maximum atomic E-state index is 6.05. The topological polar surface area (TPSA) is 60.0 Å². The normalized spacial score (nSPS) is 19.7. The molecule has 0 unspecified atom stereocenters. The molecule has 0 aliphatic carbocycles. The fraction of sp³-hybridized carbons (Fsp3) is 0.833. The van der Waals surface area contributed by atoms with E-state index in [2.05, 4.69) is 28.8 Å². The van der Waals surface area contributed by atoms with Crippen molar-refractivity contribution in [2.75, 3.05) is 19.6 Å². The lowest BCUT2D eigenvalue weighted by atomic mass is 9.95. The number of likely N-dealkylation sites (tertiary alicyclic amines) is 1. The molecule has 1 aliphatic rings. The smallest absolute Gasteiger partial charge is 0.137 e. The number of hydrogen-bond donors (Lipinski definition) is 1. The summed E-state index contributed by atoms with van der Waals surface area (Å²) >= 11 is 0. The van der Waals surface area contributed by atoms with Crippen molar-refractivity contribution in [3.05, 3.63) is 12.7 Å². The van der Waals surface area contributed by atoms with Gasteiger partial charge in [0.15, 0.2) is 0 Å². The van der Waals surface area contributed by atoms with Crippen LogP contribution in [0.3, 0.4) is 0 Å². The van der Waals surface area contributed by atoms with Crippen molar-refractivity contribution < 1.29 is 0 Å². The number of hydrogen-bond acceptors (Lipinski definition) is 4. The molecule has 0 saturated carbocycles. The summed E-state index contributed by atoms with van der Waals surface area (Å²) in [5.41, 5.74) is 5.96. The number of piperidine rings is 1. The standard InChI is InChI=1S/C12H23N5/c1-12(2,13)8-16-5-3-11(4-6-16)7-17-10-14-9-15-17/h9-11H,3-8,13H2,1-2H3. The number of nitrogens with zero attached hydrogens (tertiary/aromatic N) is 4. The van der Waals surface area contributed by atoms with Crippen LogP contribution >= 0.6 is 0 Å². The highest BCUT2D eigenvalue weighted by Crippen LogP contribution is 2.19. The molecule has 0 spiro atoms. The van der Waals surface area contributed by atoms with Crippen molar-refractivity contribution >= 4 is 0 Å². The second-order valence-electron chi connectivity index (χ2n) is 5.83. The number of aromatic nitrogens is 3. The van der Waals surface area contributed by atoms with Gasteiger partial charge in [-0.05, 0) is 45.7 Å². The quantitative estimate of drug-likeness (QED) is 0.838. The average molecular weight is 237 g/mol. The maximum absolute atomic E-state index is 6.05. The molecule has 2 N–H and O–H groups in total. The van der Waals surface area contributed by atoms with Gasteiger partial charge in [-0.1, -0.05) is 0 Å². The van der Waals surface area contributed by atoms with E-state index in [0.717, 1.165) is 32.1 Å². The Kier molecular flexibility index (Phi) is 3.79. The van der Waals surface area contributed by atoms with E-state index >= 15 is 0 Å². The second kappa shape index (κ2) is 5.14. The summed E-state index contributed by atoms with van der Waals surface area (Å²) in [5, 5.41) is 4.16. The molecule has 0 amide bonds. The van der Waals surface area contributed by atoms with Gasteiger partial charge in [-0.2, -0.15) is 5.10 Å². The van der Waals surface area contributed by atoms with Gasteiger partial charge in [0.2, 0.25) is 0 Å². The van der Waals surface area contributed by atoms with Gasteiger partial charge in [0.05, 0.1) is 0 Å². The van der Waals surface area contributed by atoms with E-state index in [1.807, 2.05) is 4.68 Å². The molecule has 5 nitrogen and oxygen atoms in total. The van der Waals surface area contributed by atoms with E-state index in [-0.39, 0.29) is 5.54 Å². The SMILES string of the molecule is CC(C)(N)CN1CCC(Cn2cncn2)CC1. The third-order valence-electron chi connectivity index (χ3n) is 3.25. The number of nitrogens with two attached hydrogens (primary N) is 1. The third-order valence-corrected chi connectivity index (χ3v) is 3.25. The van der Waals surface area contributed by atoms with E-state index in [4.69, 9.17) is 5.73 Å². The summed E-state index contributed by atoms with van der Waals surface area (Å²) in [6.45, 7) is 8.48. The molecule has 1 aromatic rings. The van der Waals surface area contributed by atoms with Crippen LogP contribution in [-0.4, -0.2) is 44.8 Å². The monoisotopic (exact) mass is 237 g/mol. The van der Waals surface area contributed by atoms with Crippen LogP contribution in [0.25, 0.3) is 0 Å². The highest BCUT2D eigenvalue weighted by atomic mass is 15.3. The lowest BCUT2D eigenvalue weighted by molar-refractivity contribution is 0.148. The van der Waals surface area contributed by atoms with E-state index in [1.165, 1.54) is 12.8 Å². The van der Waals surface area contributed by atoms with Gasteiger partial charge < -0.3 is 10.6 Å². The molecule has 0 radical (unpaired) electrons. The Balaban J connectivity index is 1.74. The van der Waals surface area contributed by atoms with Crippen molar-refractivity contribution in [3.63, 3.8) is 0 Å². The summed E-state index contributed by atoms with van der Waals surface area (Å²) in [7, 11) is 0. The molecule has 96 valence electrons.